The first-order valence-corrected chi connectivity index (χ1v) is 7.86. The van der Waals surface area contributed by atoms with Gasteiger partial charge in [-0.25, -0.2) is 0 Å². The van der Waals surface area contributed by atoms with E-state index in [1.165, 1.54) is 0 Å². The van der Waals surface area contributed by atoms with Crippen LogP contribution in [0.5, 0.6) is 0 Å². The lowest BCUT2D eigenvalue weighted by Gasteiger charge is -2.11. The zero-order chi connectivity index (χ0) is 18.9. The van der Waals surface area contributed by atoms with E-state index in [0.29, 0.717) is 0 Å². The van der Waals surface area contributed by atoms with Crippen LogP contribution in [0.3, 0.4) is 0 Å². The third kappa shape index (κ3) is 6.39. The Hall–Kier alpha value is -2.38. The number of Topliss-reactive ketones (excluding diaryl/α,β-unsaturated/α-hetero) is 2. The highest BCUT2D eigenvalue weighted by Gasteiger charge is 2.27. The summed E-state index contributed by atoms with van der Waals surface area (Å²) in [4.78, 5) is 45.4. The molecule has 0 amide bonds. The highest BCUT2D eigenvalue weighted by Crippen LogP contribution is 2.12. The summed E-state index contributed by atoms with van der Waals surface area (Å²) < 4.78 is 0. The van der Waals surface area contributed by atoms with Crippen molar-refractivity contribution < 1.29 is 29.4 Å². The van der Waals surface area contributed by atoms with Gasteiger partial charge in [-0.2, -0.15) is 0 Å². The molecule has 8 heteroatoms. The monoisotopic (exact) mass is 340 g/mol. The smallest absolute Gasteiger partial charge is 0.312 e. The standard InChI is InChI=1S/C16H24N2O6/c1-3-9(15(21)22)13(17)11(19)7-5-6-8-12(20)14(18)10(4-2)16(23)24/h9-10,17-18H,3-8H2,1-2H3,(H,21,22)(H,23,24)/t9-,10-/m1/s1. The highest BCUT2D eigenvalue weighted by molar-refractivity contribution is 6.42. The Labute approximate surface area is 140 Å². The number of ketones is 2. The van der Waals surface area contributed by atoms with E-state index in [1.807, 2.05) is 0 Å². The largest absolute Gasteiger partial charge is 0.481 e. The Morgan fingerprint density at radius 1 is 0.750 bits per heavy atom. The molecule has 0 aromatic rings. The normalized spacial score (nSPS) is 12.9. The van der Waals surface area contributed by atoms with E-state index < -0.39 is 46.8 Å². The van der Waals surface area contributed by atoms with Crippen LogP contribution in [0.25, 0.3) is 0 Å². The van der Waals surface area contributed by atoms with Gasteiger partial charge in [-0.3, -0.25) is 19.2 Å². The van der Waals surface area contributed by atoms with E-state index in [0.717, 1.165) is 0 Å². The van der Waals surface area contributed by atoms with Gasteiger partial charge in [0.2, 0.25) is 0 Å². The van der Waals surface area contributed by atoms with Crippen LogP contribution in [0.2, 0.25) is 0 Å². The van der Waals surface area contributed by atoms with Crippen LogP contribution >= 0.6 is 0 Å². The number of aliphatic carboxylic acids is 2. The number of unbranched alkanes of at least 4 members (excludes halogenated alkanes) is 1. The van der Waals surface area contributed by atoms with Gasteiger partial charge in [0, 0.05) is 12.8 Å². The van der Waals surface area contributed by atoms with Crippen LogP contribution in [-0.4, -0.2) is 45.1 Å². The van der Waals surface area contributed by atoms with Gasteiger partial charge in [0.25, 0.3) is 0 Å². The third-order valence-electron chi connectivity index (χ3n) is 3.77. The summed E-state index contributed by atoms with van der Waals surface area (Å²) in [7, 11) is 0. The van der Waals surface area contributed by atoms with Crippen LogP contribution in [0, 0.1) is 22.7 Å². The molecule has 0 aliphatic carbocycles. The Bertz CT molecular complexity index is 493. The third-order valence-corrected chi connectivity index (χ3v) is 3.77. The van der Waals surface area contributed by atoms with Crippen LogP contribution in [-0.2, 0) is 19.2 Å². The topological polar surface area (TPSA) is 156 Å². The fourth-order valence-electron chi connectivity index (χ4n) is 2.23. The summed E-state index contributed by atoms with van der Waals surface area (Å²) in [5, 5.41) is 33.0. The Morgan fingerprint density at radius 3 is 1.25 bits per heavy atom. The maximum Gasteiger partial charge on any atom is 0.312 e. The lowest BCUT2D eigenvalue weighted by atomic mass is 9.93. The van der Waals surface area contributed by atoms with Gasteiger partial charge in [0.15, 0.2) is 11.6 Å². The zero-order valence-electron chi connectivity index (χ0n) is 13.9. The summed E-state index contributed by atoms with van der Waals surface area (Å²) in [5.74, 6) is -5.79. The van der Waals surface area contributed by atoms with Crippen molar-refractivity contribution in [3.8, 4) is 0 Å². The Kier molecular flexibility index (Phi) is 9.37. The number of carboxylic acids is 2. The van der Waals surface area contributed by atoms with Gasteiger partial charge < -0.3 is 21.0 Å². The minimum Gasteiger partial charge on any atom is -0.481 e. The van der Waals surface area contributed by atoms with Crippen LogP contribution in [0.15, 0.2) is 0 Å². The summed E-state index contributed by atoms with van der Waals surface area (Å²) in [6, 6.07) is 0. The van der Waals surface area contributed by atoms with Crippen molar-refractivity contribution in [3.63, 3.8) is 0 Å². The van der Waals surface area contributed by atoms with Gasteiger partial charge >= 0.3 is 11.9 Å². The van der Waals surface area contributed by atoms with E-state index in [9.17, 15) is 19.2 Å². The van der Waals surface area contributed by atoms with Crippen LogP contribution < -0.4 is 0 Å². The molecule has 0 unspecified atom stereocenters. The lowest BCUT2D eigenvalue weighted by Crippen LogP contribution is -2.29. The van der Waals surface area contributed by atoms with Crippen molar-refractivity contribution in [2.24, 2.45) is 11.8 Å². The molecule has 0 aliphatic heterocycles. The van der Waals surface area contributed by atoms with E-state index in [-0.39, 0.29) is 38.5 Å². The molecule has 0 spiro atoms. The number of nitrogens with one attached hydrogen (secondary N) is 2. The van der Waals surface area contributed by atoms with E-state index in [4.69, 9.17) is 21.0 Å². The van der Waals surface area contributed by atoms with Crippen molar-refractivity contribution in [1.29, 1.82) is 10.8 Å². The summed E-state index contributed by atoms with van der Waals surface area (Å²) >= 11 is 0. The molecule has 2 atom stereocenters. The molecular formula is C16H24N2O6. The molecule has 0 aromatic heterocycles. The maximum atomic E-state index is 11.8. The second-order valence-electron chi connectivity index (χ2n) is 5.48. The Morgan fingerprint density at radius 2 is 1.04 bits per heavy atom. The van der Waals surface area contributed by atoms with E-state index in [2.05, 4.69) is 0 Å². The van der Waals surface area contributed by atoms with Crippen LogP contribution in [0.4, 0.5) is 0 Å². The predicted molar refractivity (Wildman–Crippen MR) is 86.8 cm³/mol. The molecule has 0 saturated carbocycles. The zero-order valence-corrected chi connectivity index (χ0v) is 13.9. The van der Waals surface area contributed by atoms with Crippen molar-refractivity contribution in [2.45, 2.75) is 52.4 Å². The van der Waals surface area contributed by atoms with Gasteiger partial charge in [0.05, 0.1) is 11.4 Å². The van der Waals surface area contributed by atoms with E-state index >= 15 is 0 Å². The predicted octanol–water partition coefficient (Wildman–Crippen LogP) is 1.95. The fourth-order valence-corrected chi connectivity index (χ4v) is 2.23. The van der Waals surface area contributed by atoms with Crippen LogP contribution in [0.1, 0.15) is 52.4 Å². The molecule has 24 heavy (non-hydrogen) atoms. The number of hydrogen-bond acceptors (Lipinski definition) is 6. The molecular weight excluding hydrogens is 316 g/mol. The second kappa shape index (κ2) is 10.4. The Balaban J connectivity index is 4.34. The lowest BCUT2D eigenvalue weighted by molar-refractivity contribution is -0.140. The van der Waals surface area contributed by atoms with Crippen molar-refractivity contribution in [1.82, 2.24) is 0 Å². The minimum atomic E-state index is -1.21. The van der Waals surface area contributed by atoms with Crippen molar-refractivity contribution in [2.75, 3.05) is 0 Å². The average Bonchev–Trinajstić information content (AvgIpc) is 2.51. The number of rotatable bonds is 13. The summed E-state index contributed by atoms with van der Waals surface area (Å²) in [6.45, 7) is 3.16. The molecule has 0 saturated heterocycles. The number of hydrogen-bond donors (Lipinski definition) is 4. The highest BCUT2D eigenvalue weighted by atomic mass is 16.4. The fraction of sp³-hybridized carbons (Fsp3) is 0.625. The number of carbonyl (C=O) groups is 4. The van der Waals surface area contributed by atoms with Gasteiger partial charge in [-0.1, -0.05) is 13.8 Å². The first-order chi connectivity index (χ1) is 11.2. The summed E-state index contributed by atoms with van der Waals surface area (Å²) in [6.07, 6.45) is 0.783. The maximum absolute atomic E-state index is 11.8. The molecule has 0 rings (SSSR count). The average molecular weight is 340 g/mol. The molecule has 0 fully saturated rings. The van der Waals surface area contributed by atoms with Gasteiger partial charge in [-0.05, 0) is 25.7 Å². The minimum absolute atomic E-state index is 0.0423. The second-order valence-corrected chi connectivity index (χ2v) is 5.48. The van der Waals surface area contributed by atoms with Crippen molar-refractivity contribution >= 4 is 34.9 Å². The SMILES string of the molecule is CC[C@H](C(=N)C(=O)CCCCC(=O)C(=N)[C@@H](CC)C(=O)O)C(=O)O. The van der Waals surface area contributed by atoms with Gasteiger partial charge in [-0.15, -0.1) is 0 Å². The molecule has 0 aliphatic rings. The first-order valence-electron chi connectivity index (χ1n) is 7.86. The number of carboxylic acid groups (broad SMARTS) is 2. The number of carbonyl (C=O) groups excluding carboxylic acids is 2. The molecule has 4 N–H and O–H groups in total. The molecule has 0 heterocycles. The summed E-state index contributed by atoms with van der Waals surface area (Å²) in [5.41, 5.74) is -0.887. The molecule has 0 radical (unpaired) electrons. The first kappa shape index (κ1) is 21.6. The van der Waals surface area contributed by atoms with Gasteiger partial charge in [0.1, 0.15) is 11.8 Å². The van der Waals surface area contributed by atoms with E-state index in [1.54, 1.807) is 13.8 Å². The quantitative estimate of drug-likeness (QED) is 0.296. The molecule has 0 bridgehead atoms. The molecule has 134 valence electrons. The molecule has 0 aromatic carbocycles. The van der Waals surface area contributed by atoms with Crippen molar-refractivity contribution in [3.05, 3.63) is 0 Å². The molecule has 8 nitrogen and oxygen atoms in total.